The summed E-state index contributed by atoms with van der Waals surface area (Å²) < 4.78 is 1.05. The smallest absolute Gasteiger partial charge is 0.231 e. The lowest BCUT2D eigenvalue weighted by atomic mass is 10.0. The molecule has 2 aliphatic heterocycles. The van der Waals surface area contributed by atoms with Gasteiger partial charge in [0.05, 0.1) is 6.42 Å². The number of amides is 1. The fraction of sp³-hybridized carbons (Fsp3) is 0.462. The zero-order chi connectivity index (χ0) is 11.8. The molecule has 0 radical (unpaired) electrons. The van der Waals surface area contributed by atoms with Crippen LogP contribution in [0.5, 0.6) is 0 Å². The minimum Gasteiger partial charge on any atom is -0.317 e. The van der Waals surface area contributed by atoms with Crippen molar-refractivity contribution in [1.29, 1.82) is 0 Å². The highest BCUT2D eigenvalue weighted by Crippen LogP contribution is 2.34. The normalized spacial score (nSPS) is 20.8. The van der Waals surface area contributed by atoms with Gasteiger partial charge in [-0.05, 0) is 49.7 Å². The number of hydrogen-bond acceptors (Lipinski definition) is 2. The van der Waals surface area contributed by atoms with Gasteiger partial charge in [0.25, 0.3) is 0 Å². The number of hydrogen-bond donors (Lipinski definition) is 1. The second-order valence-corrected chi connectivity index (χ2v) is 5.61. The summed E-state index contributed by atoms with van der Waals surface area (Å²) in [7, 11) is 0. The SMILES string of the molecule is O=C1Cc2cc(Br)ccc2N1C1CCNCC1. The molecule has 1 aromatic rings. The number of nitrogens with one attached hydrogen (secondary N) is 1. The van der Waals surface area contributed by atoms with Crippen LogP contribution < -0.4 is 10.2 Å². The standard InChI is InChI=1S/C13H15BrN2O/c14-10-1-2-12-9(7-10)8-13(17)16(12)11-3-5-15-6-4-11/h1-2,7,11,15H,3-6,8H2. The van der Waals surface area contributed by atoms with Gasteiger partial charge in [0, 0.05) is 16.2 Å². The van der Waals surface area contributed by atoms with Gasteiger partial charge in [-0.15, -0.1) is 0 Å². The van der Waals surface area contributed by atoms with Crippen molar-refractivity contribution >= 4 is 27.5 Å². The molecule has 17 heavy (non-hydrogen) atoms. The van der Waals surface area contributed by atoms with E-state index in [1.54, 1.807) is 0 Å². The summed E-state index contributed by atoms with van der Waals surface area (Å²) in [6.45, 7) is 2.03. The van der Waals surface area contributed by atoms with E-state index in [9.17, 15) is 4.79 Å². The Hall–Kier alpha value is -0.870. The van der Waals surface area contributed by atoms with Crippen LogP contribution in [0.15, 0.2) is 22.7 Å². The second-order valence-electron chi connectivity index (χ2n) is 4.69. The molecule has 0 unspecified atom stereocenters. The number of rotatable bonds is 1. The van der Waals surface area contributed by atoms with E-state index in [2.05, 4.69) is 33.4 Å². The van der Waals surface area contributed by atoms with Crippen molar-refractivity contribution in [3.63, 3.8) is 0 Å². The van der Waals surface area contributed by atoms with Gasteiger partial charge in [0.1, 0.15) is 0 Å². The summed E-state index contributed by atoms with van der Waals surface area (Å²) in [5.41, 5.74) is 2.27. The van der Waals surface area contributed by atoms with Crippen molar-refractivity contribution < 1.29 is 4.79 Å². The summed E-state index contributed by atoms with van der Waals surface area (Å²) in [5, 5.41) is 3.34. The summed E-state index contributed by atoms with van der Waals surface area (Å²) in [4.78, 5) is 14.1. The fourth-order valence-corrected chi connectivity index (χ4v) is 3.19. The van der Waals surface area contributed by atoms with E-state index in [0.29, 0.717) is 12.5 Å². The Morgan fingerprint density at radius 2 is 2.06 bits per heavy atom. The number of fused-ring (bicyclic) bond motifs is 1. The molecular weight excluding hydrogens is 280 g/mol. The first-order valence-corrected chi connectivity index (χ1v) is 6.86. The maximum Gasteiger partial charge on any atom is 0.231 e. The van der Waals surface area contributed by atoms with Gasteiger partial charge in [0.15, 0.2) is 0 Å². The van der Waals surface area contributed by atoms with E-state index in [1.807, 2.05) is 11.0 Å². The third-order valence-corrected chi connectivity index (χ3v) is 4.08. The predicted molar refractivity (Wildman–Crippen MR) is 71.2 cm³/mol. The molecule has 2 heterocycles. The number of halogens is 1. The van der Waals surface area contributed by atoms with Crippen LogP contribution in [0.25, 0.3) is 0 Å². The van der Waals surface area contributed by atoms with Crippen molar-refractivity contribution in [3.8, 4) is 0 Å². The molecule has 1 N–H and O–H groups in total. The highest BCUT2D eigenvalue weighted by atomic mass is 79.9. The molecule has 3 rings (SSSR count). The Kier molecular flexibility index (Phi) is 2.92. The second kappa shape index (κ2) is 4.42. The van der Waals surface area contributed by atoms with Crippen molar-refractivity contribution in [2.75, 3.05) is 18.0 Å². The first-order valence-electron chi connectivity index (χ1n) is 6.07. The van der Waals surface area contributed by atoms with Crippen LogP contribution in [-0.2, 0) is 11.2 Å². The summed E-state index contributed by atoms with van der Waals surface area (Å²) >= 11 is 3.46. The Bertz CT molecular complexity index is 455. The minimum atomic E-state index is 0.255. The number of anilines is 1. The number of nitrogens with zero attached hydrogens (tertiary/aromatic N) is 1. The minimum absolute atomic E-state index is 0.255. The molecule has 1 fully saturated rings. The van der Waals surface area contributed by atoms with Crippen molar-refractivity contribution in [2.45, 2.75) is 25.3 Å². The number of benzene rings is 1. The molecule has 90 valence electrons. The van der Waals surface area contributed by atoms with E-state index in [1.165, 1.54) is 0 Å². The molecule has 4 heteroatoms. The zero-order valence-corrected chi connectivity index (χ0v) is 11.2. The van der Waals surface area contributed by atoms with Gasteiger partial charge >= 0.3 is 0 Å². The third kappa shape index (κ3) is 2.00. The molecule has 1 aromatic carbocycles. The average Bonchev–Trinajstić information content (AvgIpc) is 2.65. The Morgan fingerprint density at radius 3 is 2.82 bits per heavy atom. The van der Waals surface area contributed by atoms with Crippen LogP contribution in [0.2, 0.25) is 0 Å². The molecule has 1 amide bonds. The molecule has 0 bridgehead atoms. The van der Waals surface area contributed by atoms with Crippen LogP contribution in [-0.4, -0.2) is 25.0 Å². The molecule has 0 atom stereocenters. The lowest BCUT2D eigenvalue weighted by Crippen LogP contribution is -2.44. The highest BCUT2D eigenvalue weighted by Gasteiger charge is 2.33. The van der Waals surface area contributed by atoms with E-state index < -0.39 is 0 Å². The molecule has 0 aromatic heterocycles. The topological polar surface area (TPSA) is 32.3 Å². The van der Waals surface area contributed by atoms with Gasteiger partial charge in [-0.25, -0.2) is 0 Å². The summed E-state index contributed by atoms with van der Waals surface area (Å²) in [5.74, 6) is 0.255. The van der Waals surface area contributed by atoms with Gasteiger partial charge in [-0.1, -0.05) is 15.9 Å². The van der Waals surface area contributed by atoms with Crippen LogP contribution in [0.4, 0.5) is 5.69 Å². The fourth-order valence-electron chi connectivity index (χ4n) is 2.78. The lowest BCUT2D eigenvalue weighted by molar-refractivity contribution is -0.117. The van der Waals surface area contributed by atoms with Crippen molar-refractivity contribution in [3.05, 3.63) is 28.2 Å². The van der Waals surface area contributed by atoms with Crippen molar-refractivity contribution in [2.24, 2.45) is 0 Å². The summed E-state index contributed by atoms with van der Waals surface area (Å²) in [6, 6.07) is 6.53. The summed E-state index contributed by atoms with van der Waals surface area (Å²) in [6.07, 6.45) is 2.67. The average molecular weight is 295 g/mol. The molecule has 0 spiro atoms. The quantitative estimate of drug-likeness (QED) is 0.860. The van der Waals surface area contributed by atoms with E-state index in [4.69, 9.17) is 0 Å². The monoisotopic (exact) mass is 294 g/mol. The number of carbonyl (C=O) groups excluding carboxylic acids is 1. The maximum absolute atomic E-state index is 12.1. The van der Waals surface area contributed by atoms with Gasteiger partial charge in [-0.2, -0.15) is 0 Å². The molecule has 2 aliphatic rings. The maximum atomic E-state index is 12.1. The number of carbonyl (C=O) groups is 1. The van der Waals surface area contributed by atoms with Crippen LogP contribution in [0.3, 0.4) is 0 Å². The molecule has 0 aliphatic carbocycles. The van der Waals surface area contributed by atoms with Crippen LogP contribution in [0, 0.1) is 0 Å². The van der Waals surface area contributed by atoms with Crippen LogP contribution >= 0.6 is 15.9 Å². The van der Waals surface area contributed by atoms with Gasteiger partial charge in [0.2, 0.25) is 5.91 Å². The highest BCUT2D eigenvalue weighted by molar-refractivity contribution is 9.10. The van der Waals surface area contributed by atoms with E-state index in [0.717, 1.165) is 41.7 Å². The Labute approximate surface area is 109 Å². The van der Waals surface area contributed by atoms with Gasteiger partial charge in [-0.3, -0.25) is 4.79 Å². The first-order chi connectivity index (χ1) is 8.25. The van der Waals surface area contributed by atoms with E-state index >= 15 is 0 Å². The molecule has 3 nitrogen and oxygen atoms in total. The molecular formula is C13H15BrN2O. The Balaban J connectivity index is 1.93. The van der Waals surface area contributed by atoms with Crippen molar-refractivity contribution in [1.82, 2.24) is 5.32 Å². The third-order valence-electron chi connectivity index (χ3n) is 3.59. The largest absolute Gasteiger partial charge is 0.317 e. The first kappa shape index (κ1) is 11.2. The van der Waals surface area contributed by atoms with Gasteiger partial charge < -0.3 is 10.2 Å². The molecule has 0 saturated carbocycles. The zero-order valence-electron chi connectivity index (χ0n) is 9.58. The molecule has 1 saturated heterocycles. The number of piperidine rings is 1. The lowest BCUT2D eigenvalue weighted by Gasteiger charge is -2.32. The Morgan fingerprint density at radius 1 is 1.29 bits per heavy atom. The van der Waals surface area contributed by atoms with Crippen LogP contribution in [0.1, 0.15) is 18.4 Å². The van der Waals surface area contributed by atoms with E-state index in [-0.39, 0.29) is 5.91 Å². The predicted octanol–water partition coefficient (Wildman–Crippen LogP) is 2.09.